The summed E-state index contributed by atoms with van der Waals surface area (Å²) in [5.74, 6) is -0.936. The van der Waals surface area contributed by atoms with E-state index in [1.807, 2.05) is 0 Å². The summed E-state index contributed by atoms with van der Waals surface area (Å²) < 4.78 is 24.6. The Balaban J connectivity index is 3.47. The van der Waals surface area contributed by atoms with Crippen molar-refractivity contribution in [2.24, 2.45) is 0 Å². The fraction of sp³-hybridized carbons (Fsp3) is 0.125. The molecule has 0 radical (unpaired) electrons. The zero-order chi connectivity index (χ0) is 11.6. The molecule has 78 valence electrons. The Morgan fingerprint density at radius 2 is 2.27 bits per heavy atom. The molecule has 4 nitrogen and oxygen atoms in total. The first-order valence-corrected chi connectivity index (χ1v) is 3.97. The lowest BCUT2D eigenvalue weighted by molar-refractivity contribution is 0.107. The fourth-order valence-corrected chi connectivity index (χ4v) is 0.993. The molecule has 0 unspecified atom stereocenters. The summed E-state index contributed by atoms with van der Waals surface area (Å²) in [7, 11) is 0. The van der Waals surface area contributed by atoms with E-state index >= 15 is 0 Å². The lowest BCUT2D eigenvalue weighted by Crippen LogP contribution is -2.01. The van der Waals surface area contributed by atoms with Gasteiger partial charge in [-0.2, -0.15) is 5.26 Å². The topological polar surface area (TPSA) is 74.0 Å². The van der Waals surface area contributed by atoms with Gasteiger partial charge in [0.1, 0.15) is 11.8 Å². The van der Waals surface area contributed by atoms with Crippen LogP contribution in [0.5, 0.6) is 5.75 Å². The van der Waals surface area contributed by atoms with Gasteiger partial charge in [-0.05, 0) is 17.7 Å². The van der Waals surface area contributed by atoms with Gasteiger partial charge in [0.25, 0.3) is 11.7 Å². The molecule has 0 saturated heterocycles. The second kappa shape index (κ2) is 4.19. The normalized spacial score (nSPS) is 10.1. The molecule has 1 heterocycles. The molecule has 0 aliphatic rings. The summed E-state index contributed by atoms with van der Waals surface area (Å²) in [6, 6.07) is 2.30. The molecular weight excluding hydrogens is 230 g/mol. The SMILES string of the molecule is N#Cc1cc(C(=O)Cl)nc(C(F)F)c1O. The van der Waals surface area contributed by atoms with Crippen molar-refractivity contribution in [1.29, 1.82) is 5.26 Å². The number of carbonyl (C=O) groups excluding carboxylic acids is 1. The van der Waals surface area contributed by atoms with Gasteiger partial charge in [-0.15, -0.1) is 0 Å². The zero-order valence-corrected chi connectivity index (χ0v) is 7.79. The number of aromatic nitrogens is 1. The molecule has 0 bridgehead atoms. The van der Waals surface area contributed by atoms with E-state index in [2.05, 4.69) is 4.98 Å². The molecule has 0 spiro atoms. The van der Waals surface area contributed by atoms with Crippen molar-refractivity contribution in [3.63, 3.8) is 0 Å². The molecule has 0 saturated carbocycles. The maximum absolute atomic E-state index is 12.3. The molecule has 0 fully saturated rings. The molecule has 0 amide bonds. The first kappa shape index (κ1) is 11.3. The summed E-state index contributed by atoms with van der Waals surface area (Å²) >= 11 is 5.02. The molecule has 0 aliphatic carbocycles. The highest BCUT2D eigenvalue weighted by molar-refractivity contribution is 6.67. The van der Waals surface area contributed by atoms with Gasteiger partial charge in [0.15, 0.2) is 11.4 Å². The second-order valence-corrected chi connectivity index (χ2v) is 2.82. The number of alkyl halides is 2. The van der Waals surface area contributed by atoms with Crippen LogP contribution in [-0.2, 0) is 0 Å². The van der Waals surface area contributed by atoms with Crippen molar-refractivity contribution >= 4 is 16.8 Å². The third kappa shape index (κ3) is 2.19. The minimum absolute atomic E-state index is 0.468. The highest BCUT2D eigenvalue weighted by Gasteiger charge is 2.21. The van der Waals surface area contributed by atoms with E-state index in [0.29, 0.717) is 0 Å². The van der Waals surface area contributed by atoms with Gasteiger partial charge in [-0.1, -0.05) is 0 Å². The van der Waals surface area contributed by atoms with Crippen molar-refractivity contribution in [2.45, 2.75) is 6.43 Å². The van der Waals surface area contributed by atoms with Crippen molar-refractivity contribution in [3.8, 4) is 11.8 Å². The predicted molar refractivity (Wildman–Crippen MR) is 45.8 cm³/mol. The number of carbonyl (C=O) groups is 1. The van der Waals surface area contributed by atoms with Crippen LogP contribution in [-0.4, -0.2) is 15.3 Å². The first-order chi connectivity index (χ1) is 6.97. The number of aromatic hydroxyl groups is 1. The van der Waals surface area contributed by atoms with E-state index in [-0.39, 0.29) is 0 Å². The lowest BCUT2D eigenvalue weighted by atomic mass is 10.2. The Bertz CT molecular complexity index is 457. The average molecular weight is 233 g/mol. The van der Waals surface area contributed by atoms with E-state index < -0.39 is 34.4 Å². The zero-order valence-electron chi connectivity index (χ0n) is 7.04. The summed E-state index contributed by atoms with van der Waals surface area (Å²) in [4.78, 5) is 13.8. The van der Waals surface area contributed by atoms with Gasteiger partial charge in [0, 0.05) is 0 Å². The summed E-state index contributed by atoms with van der Waals surface area (Å²) in [5.41, 5.74) is -2.00. The van der Waals surface area contributed by atoms with Crippen LogP contribution in [0.3, 0.4) is 0 Å². The number of hydrogen-bond donors (Lipinski definition) is 1. The molecular formula is C8H3ClF2N2O2. The molecule has 1 rings (SSSR count). The number of rotatable bonds is 2. The van der Waals surface area contributed by atoms with E-state index in [1.54, 1.807) is 0 Å². The third-order valence-electron chi connectivity index (χ3n) is 1.55. The highest BCUT2D eigenvalue weighted by Crippen LogP contribution is 2.29. The van der Waals surface area contributed by atoms with Crippen LogP contribution in [0.2, 0.25) is 0 Å². The van der Waals surface area contributed by atoms with Gasteiger partial charge >= 0.3 is 0 Å². The fourth-order valence-electron chi connectivity index (χ4n) is 0.896. The highest BCUT2D eigenvalue weighted by atomic mass is 35.5. The summed E-state index contributed by atoms with van der Waals surface area (Å²) in [6.45, 7) is 0. The second-order valence-electron chi connectivity index (χ2n) is 2.48. The molecule has 15 heavy (non-hydrogen) atoms. The van der Waals surface area contributed by atoms with Crippen LogP contribution in [0, 0.1) is 11.3 Å². The van der Waals surface area contributed by atoms with E-state index in [1.165, 1.54) is 6.07 Å². The van der Waals surface area contributed by atoms with Crippen LogP contribution in [0.4, 0.5) is 8.78 Å². The minimum atomic E-state index is -3.09. The Morgan fingerprint density at radius 1 is 1.67 bits per heavy atom. The van der Waals surface area contributed by atoms with Gasteiger partial charge in [-0.25, -0.2) is 13.8 Å². The average Bonchev–Trinajstić information content (AvgIpc) is 2.17. The molecule has 1 aromatic heterocycles. The quantitative estimate of drug-likeness (QED) is 0.791. The Morgan fingerprint density at radius 3 is 2.67 bits per heavy atom. The predicted octanol–water partition coefficient (Wildman–Crippen LogP) is 1.98. The van der Waals surface area contributed by atoms with Crippen LogP contribution in [0.25, 0.3) is 0 Å². The van der Waals surface area contributed by atoms with Crippen LogP contribution < -0.4 is 0 Å². The smallest absolute Gasteiger partial charge is 0.284 e. The number of halogens is 3. The third-order valence-corrected chi connectivity index (χ3v) is 1.74. The summed E-state index contributed by atoms with van der Waals surface area (Å²) in [6.07, 6.45) is -3.09. The summed E-state index contributed by atoms with van der Waals surface area (Å²) in [5, 5.41) is 16.6. The Labute approximate surface area is 87.7 Å². The standard InChI is InChI=1S/C8H3ClF2N2O2/c9-7(15)4-1-3(2-12)6(14)5(13-4)8(10)11/h1,8,14H. The van der Waals surface area contributed by atoms with Gasteiger partial charge in [0.05, 0.1) is 5.56 Å². The van der Waals surface area contributed by atoms with Gasteiger partial charge in [0.2, 0.25) is 0 Å². The molecule has 1 aromatic rings. The first-order valence-electron chi connectivity index (χ1n) is 3.59. The number of nitriles is 1. The number of pyridine rings is 1. The van der Waals surface area contributed by atoms with Gasteiger partial charge in [-0.3, -0.25) is 4.79 Å². The molecule has 7 heteroatoms. The molecule has 0 atom stereocenters. The molecule has 1 N–H and O–H groups in total. The van der Waals surface area contributed by atoms with Crippen molar-refractivity contribution in [2.75, 3.05) is 0 Å². The van der Waals surface area contributed by atoms with Crippen LogP contribution in [0.1, 0.15) is 28.2 Å². The van der Waals surface area contributed by atoms with E-state index in [9.17, 15) is 13.6 Å². The van der Waals surface area contributed by atoms with Crippen molar-refractivity contribution < 1.29 is 18.7 Å². The van der Waals surface area contributed by atoms with Crippen LogP contribution in [0.15, 0.2) is 6.07 Å². The monoisotopic (exact) mass is 232 g/mol. The van der Waals surface area contributed by atoms with Gasteiger partial charge < -0.3 is 5.11 Å². The number of nitrogens with zero attached hydrogens (tertiary/aromatic N) is 2. The van der Waals surface area contributed by atoms with E-state index in [4.69, 9.17) is 22.0 Å². The molecule has 0 aliphatic heterocycles. The minimum Gasteiger partial charge on any atom is -0.505 e. The lowest BCUT2D eigenvalue weighted by Gasteiger charge is -2.05. The van der Waals surface area contributed by atoms with Crippen LogP contribution >= 0.6 is 11.6 Å². The molecule has 0 aromatic carbocycles. The largest absolute Gasteiger partial charge is 0.505 e. The van der Waals surface area contributed by atoms with Crippen molar-refractivity contribution in [3.05, 3.63) is 23.0 Å². The van der Waals surface area contributed by atoms with Crippen molar-refractivity contribution in [1.82, 2.24) is 4.98 Å². The maximum atomic E-state index is 12.3. The van der Waals surface area contributed by atoms with E-state index in [0.717, 1.165) is 6.07 Å². The maximum Gasteiger partial charge on any atom is 0.284 e. The Kier molecular flexibility index (Phi) is 3.17. The Hall–Kier alpha value is -1.74. The number of hydrogen-bond acceptors (Lipinski definition) is 4.